The maximum atomic E-state index is 12.6. The number of rotatable bonds is 4. The molecule has 2 aromatic rings. The fourth-order valence-corrected chi connectivity index (χ4v) is 2.39. The predicted molar refractivity (Wildman–Crippen MR) is 82.2 cm³/mol. The van der Waals surface area contributed by atoms with Crippen LogP contribution in [0.5, 0.6) is 5.75 Å². The van der Waals surface area contributed by atoms with Crippen LogP contribution in [0, 0.1) is 6.92 Å². The summed E-state index contributed by atoms with van der Waals surface area (Å²) in [6, 6.07) is 10.5. The molecule has 1 aliphatic heterocycles. The Kier molecular flexibility index (Phi) is 3.74. The zero-order valence-electron chi connectivity index (χ0n) is 12.1. The van der Waals surface area contributed by atoms with E-state index in [9.17, 15) is 9.59 Å². The molecule has 6 nitrogen and oxygen atoms in total. The van der Waals surface area contributed by atoms with Gasteiger partial charge in [-0.15, -0.1) is 0 Å². The van der Waals surface area contributed by atoms with Crippen molar-refractivity contribution in [3.05, 3.63) is 48.2 Å². The highest BCUT2D eigenvalue weighted by Crippen LogP contribution is 2.26. The Morgan fingerprint density at radius 2 is 2.00 bits per heavy atom. The molecule has 6 heteroatoms. The monoisotopic (exact) mass is 297 g/mol. The number of hydrogen-bond donors (Lipinski definition) is 0. The van der Waals surface area contributed by atoms with Gasteiger partial charge < -0.3 is 4.74 Å². The molecule has 0 spiro atoms. The van der Waals surface area contributed by atoms with Crippen LogP contribution in [0.3, 0.4) is 0 Å². The molecule has 3 rings (SSSR count). The van der Waals surface area contributed by atoms with Gasteiger partial charge in [0.05, 0.1) is 0 Å². The van der Waals surface area contributed by atoms with Gasteiger partial charge >= 0.3 is 6.03 Å². The first-order valence-corrected chi connectivity index (χ1v) is 6.91. The van der Waals surface area contributed by atoms with E-state index in [-0.39, 0.29) is 6.03 Å². The Hall–Kier alpha value is -2.89. The Morgan fingerprint density at radius 3 is 2.73 bits per heavy atom. The fraction of sp³-hybridized carbons (Fsp3) is 0.188. The molecular weight excluding hydrogens is 282 g/mol. The number of aryl methyl sites for hydroxylation is 1. The average Bonchev–Trinajstić information content (AvgIpc) is 2.90. The summed E-state index contributed by atoms with van der Waals surface area (Å²) in [5.74, 6) is 1.05. The van der Waals surface area contributed by atoms with Gasteiger partial charge in [-0.2, -0.15) is 0 Å². The highest BCUT2D eigenvalue weighted by molar-refractivity contribution is 6.05. The first kappa shape index (κ1) is 14.1. The summed E-state index contributed by atoms with van der Waals surface area (Å²) in [5, 5.41) is 0. The molecule has 1 aromatic carbocycles. The molecule has 0 saturated carbocycles. The second-order valence-corrected chi connectivity index (χ2v) is 4.99. The summed E-state index contributed by atoms with van der Waals surface area (Å²) in [4.78, 5) is 30.5. The molecule has 0 radical (unpaired) electrons. The molecule has 1 fully saturated rings. The van der Waals surface area contributed by atoms with Crippen molar-refractivity contribution >= 4 is 24.0 Å². The number of ether oxygens (including phenoxy) is 1. The van der Waals surface area contributed by atoms with Crippen LogP contribution in [0.1, 0.15) is 5.56 Å². The van der Waals surface area contributed by atoms with Gasteiger partial charge in [0.15, 0.2) is 0 Å². The molecule has 0 atom stereocenters. The average molecular weight is 297 g/mol. The summed E-state index contributed by atoms with van der Waals surface area (Å²) in [7, 11) is 0. The zero-order chi connectivity index (χ0) is 15.5. The summed E-state index contributed by atoms with van der Waals surface area (Å²) >= 11 is 0. The van der Waals surface area contributed by atoms with Crippen molar-refractivity contribution in [3.8, 4) is 5.75 Å². The molecule has 22 heavy (non-hydrogen) atoms. The standard InChI is InChI=1S/C16H15N3O3/c1-12-5-6-15(17-10-12)19-8-7-18(16(19)21)13-3-2-4-14(9-13)22-11-20/h2-6,9-11H,7-8H2,1H3. The molecule has 1 aromatic heterocycles. The van der Waals surface area contributed by atoms with Crippen LogP contribution in [0.15, 0.2) is 42.6 Å². The van der Waals surface area contributed by atoms with E-state index in [1.807, 2.05) is 25.1 Å². The smallest absolute Gasteiger partial charge is 0.330 e. The van der Waals surface area contributed by atoms with Crippen molar-refractivity contribution in [2.75, 3.05) is 22.9 Å². The van der Waals surface area contributed by atoms with E-state index < -0.39 is 0 Å². The Morgan fingerprint density at radius 1 is 1.18 bits per heavy atom. The largest absolute Gasteiger partial charge is 0.429 e. The number of carbonyl (C=O) groups is 2. The minimum Gasteiger partial charge on any atom is -0.429 e. The maximum absolute atomic E-state index is 12.6. The van der Waals surface area contributed by atoms with Gasteiger partial charge in [-0.25, -0.2) is 9.78 Å². The SMILES string of the molecule is Cc1ccc(N2CCN(c3cccc(OC=O)c3)C2=O)nc1. The van der Waals surface area contributed by atoms with E-state index in [4.69, 9.17) is 4.74 Å². The van der Waals surface area contributed by atoms with Crippen molar-refractivity contribution in [3.63, 3.8) is 0 Å². The number of amides is 2. The summed E-state index contributed by atoms with van der Waals surface area (Å²) < 4.78 is 4.82. The van der Waals surface area contributed by atoms with Gasteiger partial charge in [0.1, 0.15) is 11.6 Å². The molecule has 1 saturated heterocycles. The highest BCUT2D eigenvalue weighted by atomic mass is 16.5. The quantitative estimate of drug-likeness (QED) is 0.813. The van der Waals surface area contributed by atoms with Gasteiger partial charge in [0.2, 0.25) is 0 Å². The molecular formula is C16H15N3O3. The number of nitrogens with zero attached hydrogens (tertiary/aromatic N) is 3. The normalized spacial score (nSPS) is 14.3. The fourth-order valence-electron chi connectivity index (χ4n) is 2.39. The molecule has 0 aliphatic carbocycles. The van der Waals surface area contributed by atoms with Gasteiger partial charge in [-0.3, -0.25) is 14.6 Å². The lowest BCUT2D eigenvalue weighted by atomic mass is 10.3. The van der Waals surface area contributed by atoms with Crippen molar-refractivity contribution < 1.29 is 14.3 Å². The van der Waals surface area contributed by atoms with Crippen molar-refractivity contribution in [1.29, 1.82) is 0 Å². The number of carbonyl (C=O) groups excluding carboxylic acids is 2. The first-order chi connectivity index (χ1) is 10.7. The maximum Gasteiger partial charge on any atom is 0.330 e. The van der Waals surface area contributed by atoms with Crippen molar-refractivity contribution in [2.24, 2.45) is 0 Å². The second-order valence-electron chi connectivity index (χ2n) is 4.99. The summed E-state index contributed by atoms with van der Waals surface area (Å²) in [6.07, 6.45) is 1.74. The predicted octanol–water partition coefficient (Wildman–Crippen LogP) is 2.37. The molecule has 0 bridgehead atoms. The van der Waals surface area contributed by atoms with Crippen LogP contribution in [0.2, 0.25) is 0 Å². The number of anilines is 2. The minimum atomic E-state index is -0.139. The number of aromatic nitrogens is 1. The summed E-state index contributed by atoms with van der Waals surface area (Å²) in [5.41, 5.74) is 1.74. The van der Waals surface area contributed by atoms with Gasteiger partial charge in [-0.1, -0.05) is 12.1 Å². The minimum absolute atomic E-state index is 0.139. The topological polar surface area (TPSA) is 62.7 Å². The van der Waals surface area contributed by atoms with Crippen molar-refractivity contribution in [1.82, 2.24) is 4.98 Å². The Labute approximate surface area is 127 Å². The van der Waals surface area contributed by atoms with E-state index in [1.165, 1.54) is 0 Å². The van der Waals surface area contributed by atoms with Gasteiger partial charge in [0.25, 0.3) is 6.47 Å². The third-order valence-electron chi connectivity index (χ3n) is 3.49. The molecule has 0 unspecified atom stereocenters. The van der Waals surface area contributed by atoms with E-state index >= 15 is 0 Å². The first-order valence-electron chi connectivity index (χ1n) is 6.91. The van der Waals surface area contributed by atoms with E-state index in [0.29, 0.717) is 36.8 Å². The lowest BCUT2D eigenvalue weighted by Crippen LogP contribution is -2.32. The van der Waals surface area contributed by atoms with Crippen molar-refractivity contribution in [2.45, 2.75) is 6.92 Å². The van der Waals surface area contributed by atoms with Crippen LogP contribution in [-0.4, -0.2) is 30.6 Å². The highest BCUT2D eigenvalue weighted by Gasteiger charge is 2.31. The van der Waals surface area contributed by atoms with Crippen LogP contribution in [0.25, 0.3) is 0 Å². The molecule has 2 amide bonds. The number of hydrogen-bond acceptors (Lipinski definition) is 4. The number of benzene rings is 1. The molecule has 2 heterocycles. The lowest BCUT2D eigenvalue weighted by molar-refractivity contribution is -0.120. The third-order valence-corrected chi connectivity index (χ3v) is 3.49. The Bertz CT molecular complexity index is 700. The van der Waals surface area contributed by atoms with Gasteiger partial charge in [0, 0.05) is 31.0 Å². The summed E-state index contributed by atoms with van der Waals surface area (Å²) in [6.45, 7) is 3.44. The molecule has 1 aliphatic rings. The van der Waals surface area contributed by atoms with E-state index in [0.717, 1.165) is 5.56 Å². The van der Waals surface area contributed by atoms with Gasteiger partial charge in [-0.05, 0) is 30.7 Å². The lowest BCUT2D eigenvalue weighted by Gasteiger charge is -2.18. The van der Waals surface area contributed by atoms with Crippen LogP contribution < -0.4 is 14.5 Å². The number of urea groups is 1. The van der Waals surface area contributed by atoms with Crippen LogP contribution in [0.4, 0.5) is 16.3 Å². The zero-order valence-corrected chi connectivity index (χ0v) is 12.1. The Balaban J connectivity index is 1.82. The molecule has 112 valence electrons. The second kappa shape index (κ2) is 5.85. The number of pyridine rings is 1. The molecule has 0 N–H and O–H groups in total. The third kappa shape index (κ3) is 2.63. The van der Waals surface area contributed by atoms with E-state index in [1.54, 1.807) is 34.2 Å². The van der Waals surface area contributed by atoms with Crippen LogP contribution in [-0.2, 0) is 4.79 Å². The van der Waals surface area contributed by atoms with Crippen LogP contribution >= 0.6 is 0 Å². The van der Waals surface area contributed by atoms with E-state index in [2.05, 4.69) is 4.98 Å².